The molecule has 0 saturated heterocycles. The van der Waals surface area contributed by atoms with Crippen LogP contribution in [0.25, 0.3) is 0 Å². The predicted octanol–water partition coefficient (Wildman–Crippen LogP) is 3.05. The fourth-order valence-electron chi connectivity index (χ4n) is 1.43. The van der Waals surface area contributed by atoms with Gasteiger partial charge >= 0.3 is 0 Å². The van der Waals surface area contributed by atoms with Crippen LogP contribution in [0.1, 0.15) is 5.56 Å². The first-order valence-electron chi connectivity index (χ1n) is 5.34. The normalized spacial score (nSPS) is 13.5. The van der Waals surface area contributed by atoms with E-state index >= 15 is 0 Å². The van der Waals surface area contributed by atoms with Crippen LogP contribution in [0, 0.1) is 6.92 Å². The van der Waals surface area contributed by atoms with Gasteiger partial charge < -0.3 is 4.74 Å². The first-order valence-corrected chi connectivity index (χ1v) is 8.95. The van der Waals surface area contributed by atoms with Crippen LogP contribution in [0.5, 0.6) is 0 Å². The van der Waals surface area contributed by atoms with Gasteiger partial charge in [0.1, 0.15) is 0 Å². The quantitative estimate of drug-likeness (QED) is 0.699. The van der Waals surface area contributed by atoms with Crippen molar-refractivity contribution in [2.75, 3.05) is 19.6 Å². The molecule has 4 nitrogen and oxygen atoms in total. The first-order chi connectivity index (χ1) is 8.81. The number of halogens is 3. The molecular formula is C11H14Br2ClNO3S. The standard InChI is InChI=1S/C11H14Br2ClNO3S/c1-7-3-10(13)11(4-9(7)12)19(16,17)15-8(5-14)6-18-2/h3-4,8,15H,5-6H2,1-2H3. The lowest BCUT2D eigenvalue weighted by Crippen LogP contribution is -2.39. The summed E-state index contributed by atoms with van der Waals surface area (Å²) in [6.45, 7) is 2.10. The van der Waals surface area contributed by atoms with Gasteiger partial charge in [-0.15, -0.1) is 11.6 Å². The van der Waals surface area contributed by atoms with Gasteiger partial charge in [-0.05, 0) is 40.5 Å². The van der Waals surface area contributed by atoms with E-state index in [0.29, 0.717) is 4.47 Å². The van der Waals surface area contributed by atoms with E-state index < -0.39 is 16.1 Å². The molecule has 1 unspecified atom stereocenters. The van der Waals surface area contributed by atoms with E-state index in [2.05, 4.69) is 36.6 Å². The van der Waals surface area contributed by atoms with Crippen LogP contribution < -0.4 is 4.72 Å². The minimum atomic E-state index is -3.66. The van der Waals surface area contributed by atoms with Gasteiger partial charge in [-0.2, -0.15) is 0 Å². The predicted molar refractivity (Wildman–Crippen MR) is 83.3 cm³/mol. The van der Waals surface area contributed by atoms with Crippen LogP contribution in [0.4, 0.5) is 0 Å². The molecule has 0 heterocycles. The number of hydrogen-bond acceptors (Lipinski definition) is 3. The Morgan fingerprint density at radius 1 is 1.37 bits per heavy atom. The number of methoxy groups -OCH3 is 1. The summed E-state index contributed by atoms with van der Waals surface area (Å²) in [4.78, 5) is 0.163. The second kappa shape index (κ2) is 7.38. The molecule has 1 atom stereocenters. The van der Waals surface area contributed by atoms with Gasteiger partial charge in [0.05, 0.1) is 17.5 Å². The van der Waals surface area contributed by atoms with Gasteiger partial charge in [0.2, 0.25) is 10.0 Å². The SMILES string of the molecule is COCC(CCl)NS(=O)(=O)c1cc(Br)c(C)cc1Br. The van der Waals surface area contributed by atoms with Gasteiger partial charge in [-0.1, -0.05) is 15.9 Å². The lowest BCUT2D eigenvalue weighted by atomic mass is 10.2. The second-order valence-electron chi connectivity index (χ2n) is 3.96. The molecule has 0 amide bonds. The zero-order valence-electron chi connectivity index (χ0n) is 10.4. The van der Waals surface area contributed by atoms with Crippen molar-refractivity contribution in [1.82, 2.24) is 4.72 Å². The highest BCUT2D eigenvalue weighted by atomic mass is 79.9. The molecule has 0 bridgehead atoms. The number of benzene rings is 1. The Labute approximate surface area is 135 Å². The van der Waals surface area contributed by atoms with Crippen molar-refractivity contribution in [2.24, 2.45) is 0 Å². The number of aryl methyl sites for hydroxylation is 1. The molecule has 0 aromatic heterocycles. The average Bonchev–Trinajstić information content (AvgIpc) is 2.32. The first kappa shape index (κ1) is 17.4. The molecule has 0 aliphatic rings. The van der Waals surface area contributed by atoms with E-state index in [1.165, 1.54) is 7.11 Å². The van der Waals surface area contributed by atoms with Gasteiger partial charge in [0.15, 0.2) is 0 Å². The molecule has 1 rings (SSSR count). The molecular weight excluding hydrogens is 421 g/mol. The average molecular weight is 436 g/mol. The molecule has 0 saturated carbocycles. The summed E-state index contributed by atoms with van der Waals surface area (Å²) in [7, 11) is -2.16. The number of nitrogens with one attached hydrogen (secondary N) is 1. The Hall–Kier alpha value is 0.340. The third kappa shape index (κ3) is 4.68. The summed E-state index contributed by atoms with van der Waals surface area (Å²) in [5, 5.41) is 0. The van der Waals surface area contributed by atoms with E-state index in [4.69, 9.17) is 16.3 Å². The Morgan fingerprint density at radius 3 is 2.53 bits per heavy atom. The van der Waals surface area contributed by atoms with Gasteiger partial charge in [-0.3, -0.25) is 0 Å². The highest BCUT2D eigenvalue weighted by Gasteiger charge is 2.22. The lowest BCUT2D eigenvalue weighted by Gasteiger charge is -2.16. The van der Waals surface area contributed by atoms with Crippen molar-refractivity contribution >= 4 is 53.5 Å². The lowest BCUT2D eigenvalue weighted by molar-refractivity contribution is 0.181. The monoisotopic (exact) mass is 433 g/mol. The summed E-state index contributed by atoms with van der Waals surface area (Å²) in [5.74, 6) is 0.137. The molecule has 0 fully saturated rings. The van der Waals surface area contributed by atoms with Crippen molar-refractivity contribution in [1.29, 1.82) is 0 Å². The summed E-state index contributed by atoms with van der Waals surface area (Å²) >= 11 is 12.3. The van der Waals surface area contributed by atoms with Crippen molar-refractivity contribution in [3.05, 3.63) is 26.6 Å². The maximum absolute atomic E-state index is 12.3. The minimum absolute atomic E-state index is 0.137. The highest BCUT2D eigenvalue weighted by molar-refractivity contribution is 9.11. The van der Waals surface area contributed by atoms with Crippen molar-refractivity contribution < 1.29 is 13.2 Å². The minimum Gasteiger partial charge on any atom is -0.383 e. The summed E-state index contributed by atoms with van der Waals surface area (Å²) in [6.07, 6.45) is 0. The zero-order chi connectivity index (χ0) is 14.6. The van der Waals surface area contributed by atoms with Crippen LogP contribution >= 0.6 is 43.5 Å². The molecule has 19 heavy (non-hydrogen) atoms. The van der Waals surface area contributed by atoms with E-state index in [0.717, 1.165) is 10.0 Å². The molecule has 0 radical (unpaired) electrons. The van der Waals surface area contributed by atoms with Crippen LogP contribution in [-0.4, -0.2) is 34.1 Å². The Kier molecular flexibility index (Phi) is 6.75. The highest BCUT2D eigenvalue weighted by Crippen LogP contribution is 2.28. The van der Waals surface area contributed by atoms with Gasteiger partial charge in [0, 0.05) is 21.9 Å². The maximum Gasteiger partial charge on any atom is 0.242 e. The van der Waals surface area contributed by atoms with Gasteiger partial charge in [0.25, 0.3) is 0 Å². The summed E-state index contributed by atoms with van der Waals surface area (Å²) in [6, 6.07) is 2.83. The van der Waals surface area contributed by atoms with Crippen LogP contribution in [0.3, 0.4) is 0 Å². The number of rotatable bonds is 6. The fourth-order valence-corrected chi connectivity index (χ4v) is 4.58. The van der Waals surface area contributed by atoms with Crippen LogP contribution in [-0.2, 0) is 14.8 Å². The molecule has 0 aliphatic heterocycles. The molecule has 1 N–H and O–H groups in total. The van der Waals surface area contributed by atoms with E-state index in [9.17, 15) is 8.42 Å². The second-order valence-corrected chi connectivity index (χ2v) is 7.66. The van der Waals surface area contributed by atoms with Crippen LogP contribution in [0.15, 0.2) is 26.0 Å². The molecule has 0 aliphatic carbocycles. The Balaban J connectivity index is 3.10. The van der Waals surface area contributed by atoms with Crippen molar-refractivity contribution in [2.45, 2.75) is 17.9 Å². The fraction of sp³-hybridized carbons (Fsp3) is 0.455. The third-order valence-electron chi connectivity index (χ3n) is 2.38. The summed E-state index contributed by atoms with van der Waals surface area (Å²) < 4.78 is 33.2. The molecule has 8 heteroatoms. The number of ether oxygens (including phenoxy) is 1. The zero-order valence-corrected chi connectivity index (χ0v) is 15.2. The Bertz CT molecular complexity index is 551. The smallest absolute Gasteiger partial charge is 0.242 e. The third-order valence-corrected chi connectivity index (χ3v) is 6.08. The van der Waals surface area contributed by atoms with Crippen molar-refractivity contribution in [3.63, 3.8) is 0 Å². The molecule has 108 valence electrons. The van der Waals surface area contributed by atoms with Gasteiger partial charge in [-0.25, -0.2) is 13.1 Å². The van der Waals surface area contributed by atoms with Crippen molar-refractivity contribution in [3.8, 4) is 0 Å². The van der Waals surface area contributed by atoms with E-state index in [1.807, 2.05) is 6.92 Å². The number of hydrogen-bond donors (Lipinski definition) is 1. The number of alkyl halides is 1. The number of sulfonamides is 1. The summed E-state index contributed by atoms with van der Waals surface area (Å²) in [5.41, 5.74) is 0.941. The largest absolute Gasteiger partial charge is 0.383 e. The maximum atomic E-state index is 12.3. The molecule has 0 spiro atoms. The Morgan fingerprint density at radius 2 is 2.00 bits per heavy atom. The molecule has 1 aromatic carbocycles. The van der Waals surface area contributed by atoms with E-state index in [-0.39, 0.29) is 17.4 Å². The van der Waals surface area contributed by atoms with Crippen LogP contribution in [0.2, 0.25) is 0 Å². The molecule has 1 aromatic rings. The van der Waals surface area contributed by atoms with E-state index in [1.54, 1.807) is 12.1 Å². The topological polar surface area (TPSA) is 55.4 Å².